The standard InChI is InChI=1S/C22H21NO6/c1-13-8-17-15(11-28-19(17)9-14(13)2)10-21(25)29-12-20(24)23-18-7-5-4-6-16(18)22(26)27-3/h4-9,11H,10,12H2,1-3H3,(H,23,24). The summed E-state index contributed by atoms with van der Waals surface area (Å²) in [5, 5.41) is 3.40. The number of hydrogen-bond acceptors (Lipinski definition) is 6. The zero-order chi connectivity index (χ0) is 21.0. The average Bonchev–Trinajstić information content (AvgIpc) is 3.08. The maximum absolute atomic E-state index is 12.2. The number of esters is 2. The van der Waals surface area contributed by atoms with Crippen molar-refractivity contribution >= 4 is 34.5 Å². The first-order chi connectivity index (χ1) is 13.9. The van der Waals surface area contributed by atoms with Crippen LogP contribution in [-0.4, -0.2) is 31.6 Å². The van der Waals surface area contributed by atoms with E-state index in [9.17, 15) is 14.4 Å². The van der Waals surface area contributed by atoms with E-state index in [1.165, 1.54) is 19.4 Å². The number of anilines is 1. The smallest absolute Gasteiger partial charge is 0.339 e. The SMILES string of the molecule is COC(=O)c1ccccc1NC(=O)COC(=O)Cc1coc2cc(C)c(C)cc12. The first-order valence-corrected chi connectivity index (χ1v) is 8.99. The molecule has 29 heavy (non-hydrogen) atoms. The summed E-state index contributed by atoms with van der Waals surface area (Å²) in [7, 11) is 1.26. The van der Waals surface area contributed by atoms with Gasteiger partial charge in [0.25, 0.3) is 5.91 Å². The normalized spacial score (nSPS) is 10.6. The van der Waals surface area contributed by atoms with Crippen molar-refractivity contribution in [2.75, 3.05) is 19.0 Å². The number of furan rings is 1. The van der Waals surface area contributed by atoms with Gasteiger partial charge < -0.3 is 19.2 Å². The molecule has 2 aromatic carbocycles. The first kappa shape index (κ1) is 20.1. The van der Waals surface area contributed by atoms with Gasteiger partial charge in [-0.25, -0.2) is 4.79 Å². The molecule has 0 saturated carbocycles. The predicted molar refractivity (Wildman–Crippen MR) is 107 cm³/mol. The molecule has 0 bridgehead atoms. The van der Waals surface area contributed by atoms with Crippen molar-refractivity contribution in [3.05, 3.63) is 64.9 Å². The number of carbonyl (C=O) groups excluding carboxylic acids is 3. The van der Waals surface area contributed by atoms with Gasteiger partial charge in [-0.15, -0.1) is 0 Å². The van der Waals surface area contributed by atoms with Crippen LogP contribution in [0.5, 0.6) is 0 Å². The van der Waals surface area contributed by atoms with Crippen molar-refractivity contribution in [1.29, 1.82) is 0 Å². The van der Waals surface area contributed by atoms with Crippen molar-refractivity contribution in [1.82, 2.24) is 0 Å². The van der Waals surface area contributed by atoms with Gasteiger partial charge in [0.2, 0.25) is 0 Å². The number of aryl methyl sites for hydroxylation is 2. The minimum absolute atomic E-state index is 0.0124. The Morgan fingerprint density at radius 1 is 1.07 bits per heavy atom. The number of benzene rings is 2. The molecule has 150 valence electrons. The zero-order valence-electron chi connectivity index (χ0n) is 16.4. The fourth-order valence-corrected chi connectivity index (χ4v) is 2.89. The third-order valence-corrected chi connectivity index (χ3v) is 4.58. The number of ether oxygens (including phenoxy) is 2. The van der Waals surface area contributed by atoms with Gasteiger partial charge in [0.05, 0.1) is 31.0 Å². The van der Waals surface area contributed by atoms with Crippen LogP contribution < -0.4 is 5.32 Å². The lowest BCUT2D eigenvalue weighted by molar-refractivity contribution is -0.146. The number of fused-ring (bicyclic) bond motifs is 1. The second kappa shape index (κ2) is 8.60. The van der Waals surface area contributed by atoms with E-state index < -0.39 is 24.5 Å². The van der Waals surface area contributed by atoms with Crippen LogP contribution in [0.25, 0.3) is 11.0 Å². The van der Waals surface area contributed by atoms with Gasteiger partial charge in [-0.2, -0.15) is 0 Å². The van der Waals surface area contributed by atoms with Gasteiger partial charge in [0.1, 0.15) is 5.58 Å². The molecule has 0 aliphatic carbocycles. The summed E-state index contributed by atoms with van der Waals surface area (Å²) in [6.07, 6.45) is 1.51. The third kappa shape index (κ3) is 4.63. The molecule has 7 nitrogen and oxygen atoms in total. The van der Waals surface area contributed by atoms with Gasteiger partial charge >= 0.3 is 11.9 Å². The zero-order valence-corrected chi connectivity index (χ0v) is 16.4. The summed E-state index contributed by atoms with van der Waals surface area (Å²) >= 11 is 0. The van der Waals surface area contributed by atoms with Crippen molar-refractivity contribution < 1.29 is 28.3 Å². The molecule has 1 amide bonds. The van der Waals surface area contributed by atoms with Crippen molar-refractivity contribution in [3.8, 4) is 0 Å². The molecule has 0 aliphatic rings. The lowest BCUT2D eigenvalue weighted by Gasteiger charge is -2.10. The number of amides is 1. The topological polar surface area (TPSA) is 94.8 Å². The number of hydrogen-bond donors (Lipinski definition) is 1. The highest BCUT2D eigenvalue weighted by Gasteiger charge is 2.16. The molecular weight excluding hydrogens is 374 g/mol. The molecule has 1 N–H and O–H groups in total. The monoisotopic (exact) mass is 395 g/mol. The van der Waals surface area contributed by atoms with E-state index in [0.717, 1.165) is 16.5 Å². The van der Waals surface area contributed by atoms with Crippen LogP contribution in [0.2, 0.25) is 0 Å². The molecule has 0 unspecified atom stereocenters. The van der Waals surface area contributed by atoms with E-state index in [1.807, 2.05) is 26.0 Å². The number of rotatable bonds is 6. The first-order valence-electron chi connectivity index (χ1n) is 8.99. The van der Waals surface area contributed by atoms with Crippen molar-refractivity contribution in [2.24, 2.45) is 0 Å². The molecule has 0 saturated heterocycles. The van der Waals surface area contributed by atoms with Gasteiger partial charge in [-0.05, 0) is 49.2 Å². The van der Waals surface area contributed by atoms with E-state index >= 15 is 0 Å². The summed E-state index contributed by atoms with van der Waals surface area (Å²) in [6.45, 7) is 3.50. The van der Waals surface area contributed by atoms with Gasteiger partial charge in [0.15, 0.2) is 6.61 Å². The van der Waals surface area contributed by atoms with E-state index in [0.29, 0.717) is 11.1 Å². The van der Waals surface area contributed by atoms with Crippen LogP contribution in [0.15, 0.2) is 47.1 Å². The minimum Gasteiger partial charge on any atom is -0.465 e. The average molecular weight is 395 g/mol. The van der Waals surface area contributed by atoms with Gasteiger partial charge in [0, 0.05) is 10.9 Å². The number of methoxy groups -OCH3 is 1. The largest absolute Gasteiger partial charge is 0.465 e. The Morgan fingerprint density at radius 3 is 2.55 bits per heavy atom. The quantitative estimate of drug-likeness (QED) is 0.641. The Hall–Kier alpha value is -3.61. The van der Waals surface area contributed by atoms with E-state index in [-0.39, 0.29) is 17.7 Å². The summed E-state index contributed by atoms with van der Waals surface area (Å²) in [6, 6.07) is 10.3. The molecule has 3 aromatic rings. The maximum Gasteiger partial charge on any atom is 0.339 e. The Kier molecular flexibility index (Phi) is 5.97. The highest BCUT2D eigenvalue weighted by Crippen LogP contribution is 2.25. The van der Waals surface area contributed by atoms with Gasteiger partial charge in [-0.3, -0.25) is 9.59 Å². The molecule has 0 radical (unpaired) electrons. The summed E-state index contributed by atoms with van der Waals surface area (Å²) < 4.78 is 15.3. The fraction of sp³-hybridized carbons (Fsp3) is 0.227. The van der Waals surface area contributed by atoms with Gasteiger partial charge in [-0.1, -0.05) is 12.1 Å². The van der Waals surface area contributed by atoms with Crippen LogP contribution in [-0.2, 0) is 25.5 Å². The number of carbonyl (C=O) groups is 3. The Bertz CT molecular complexity index is 1080. The molecule has 0 fully saturated rings. The molecule has 1 heterocycles. The number of para-hydroxylation sites is 1. The second-order valence-electron chi connectivity index (χ2n) is 6.62. The molecule has 0 atom stereocenters. The molecule has 7 heteroatoms. The molecule has 0 spiro atoms. The van der Waals surface area contributed by atoms with Crippen LogP contribution in [0.3, 0.4) is 0 Å². The van der Waals surface area contributed by atoms with E-state index in [1.54, 1.807) is 18.2 Å². The number of nitrogens with one attached hydrogen (secondary N) is 1. The lowest BCUT2D eigenvalue weighted by Crippen LogP contribution is -2.22. The highest BCUT2D eigenvalue weighted by molar-refractivity contribution is 6.01. The summed E-state index contributed by atoms with van der Waals surface area (Å²) in [5.41, 5.74) is 4.09. The highest BCUT2D eigenvalue weighted by atomic mass is 16.5. The molecular formula is C22H21NO6. The lowest BCUT2D eigenvalue weighted by atomic mass is 10.0. The van der Waals surface area contributed by atoms with E-state index in [2.05, 4.69) is 10.1 Å². The predicted octanol–water partition coefficient (Wildman–Crippen LogP) is 3.56. The van der Waals surface area contributed by atoms with Crippen LogP contribution >= 0.6 is 0 Å². The maximum atomic E-state index is 12.2. The second-order valence-corrected chi connectivity index (χ2v) is 6.62. The third-order valence-electron chi connectivity index (χ3n) is 4.58. The fourth-order valence-electron chi connectivity index (χ4n) is 2.89. The van der Waals surface area contributed by atoms with Crippen molar-refractivity contribution in [3.63, 3.8) is 0 Å². The molecule has 0 aliphatic heterocycles. The molecule has 1 aromatic heterocycles. The Balaban J connectivity index is 1.60. The Morgan fingerprint density at radius 2 is 1.79 bits per heavy atom. The van der Waals surface area contributed by atoms with Crippen LogP contribution in [0.4, 0.5) is 5.69 Å². The van der Waals surface area contributed by atoms with Crippen LogP contribution in [0.1, 0.15) is 27.0 Å². The summed E-state index contributed by atoms with van der Waals surface area (Å²) in [5.74, 6) is -1.68. The molecule has 3 rings (SSSR count). The Labute approximate surface area is 167 Å². The minimum atomic E-state index is -0.574. The summed E-state index contributed by atoms with van der Waals surface area (Å²) in [4.78, 5) is 36.0. The van der Waals surface area contributed by atoms with Crippen molar-refractivity contribution in [2.45, 2.75) is 20.3 Å². The van der Waals surface area contributed by atoms with E-state index in [4.69, 9.17) is 9.15 Å². The van der Waals surface area contributed by atoms with Crippen LogP contribution in [0, 0.1) is 13.8 Å².